The topological polar surface area (TPSA) is 27.1 Å². The lowest BCUT2D eigenvalue weighted by molar-refractivity contribution is 0.0647. The average molecular weight is 280 g/mol. The monoisotopic (exact) mass is 280 g/mol. The molecular weight excluding hydrogens is 260 g/mol. The summed E-state index contributed by atoms with van der Waals surface area (Å²) in [6.45, 7) is 3.35. The van der Waals surface area contributed by atoms with Crippen LogP contribution in [0.1, 0.15) is 24.7 Å². The molecule has 0 aliphatic carbocycles. The molecule has 0 unspecified atom stereocenters. The molecule has 3 heteroatoms. The molecule has 21 heavy (non-hydrogen) atoms. The second-order valence-corrected chi connectivity index (χ2v) is 5.16. The lowest BCUT2D eigenvalue weighted by Crippen LogP contribution is -2.07. The number of hydrogen-bond donors (Lipinski definition) is 0. The first kappa shape index (κ1) is 13.8. The van der Waals surface area contributed by atoms with Gasteiger partial charge in [-0.1, -0.05) is 49.4 Å². The van der Waals surface area contributed by atoms with Gasteiger partial charge in [0.05, 0.1) is 17.6 Å². The van der Waals surface area contributed by atoms with Gasteiger partial charge in [-0.3, -0.25) is 0 Å². The first-order valence-electron chi connectivity index (χ1n) is 7.44. The van der Waals surface area contributed by atoms with Crippen molar-refractivity contribution in [1.82, 2.24) is 9.55 Å². The van der Waals surface area contributed by atoms with Crippen LogP contribution in [0, 0.1) is 0 Å². The van der Waals surface area contributed by atoms with Gasteiger partial charge in [0.1, 0.15) is 12.6 Å². The zero-order valence-corrected chi connectivity index (χ0v) is 12.3. The van der Waals surface area contributed by atoms with E-state index in [0.717, 1.165) is 29.7 Å². The van der Waals surface area contributed by atoms with Gasteiger partial charge in [0.25, 0.3) is 0 Å². The molecule has 0 bridgehead atoms. The smallest absolute Gasteiger partial charge is 0.125 e. The molecule has 0 amide bonds. The van der Waals surface area contributed by atoms with Crippen LogP contribution in [-0.4, -0.2) is 9.55 Å². The number of fused-ring (bicyclic) bond motifs is 1. The molecule has 0 atom stereocenters. The summed E-state index contributed by atoms with van der Waals surface area (Å²) in [6, 6.07) is 18.5. The second-order valence-electron chi connectivity index (χ2n) is 5.16. The van der Waals surface area contributed by atoms with Crippen LogP contribution >= 0.6 is 0 Å². The number of benzene rings is 2. The molecule has 2 aromatic carbocycles. The molecule has 0 saturated carbocycles. The fourth-order valence-corrected chi connectivity index (χ4v) is 2.51. The maximum absolute atomic E-state index is 5.88. The summed E-state index contributed by atoms with van der Waals surface area (Å²) in [5.41, 5.74) is 3.39. The van der Waals surface area contributed by atoms with Crippen LogP contribution in [0.15, 0.2) is 54.6 Å². The molecule has 0 fully saturated rings. The highest BCUT2D eigenvalue weighted by Gasteiger charge is 2.09. The van der Waals surface area contributed by atoms with Crippen LogP contribution in [0.4, 0.5) is 0 Å². The number of hydrogen-bond acceptors (Lipinski definition) is 2. The number of ether oxygens (including phenoxy) is 1. The Morgan fingerprint density at radius 1 is 1.00 bits per heavy atom. The molecule has 3 nitrogen and oxygen atoms in total. The normalized spacial score (nSPS) is 11.1. The van der Waals surface area contributed by atoms with E-state index in [9.17, 15) is 0 Å². The Morgan fingerprint density at radius 3 is 2.57 bits per heavy atom. The van der Waals surface area contributed by atoms with E-state index in [2.05, 4.69) is 35.8 Å². The van der Waals surface area contributed by atoms with Crippen LogP contribution in [0.2, 0.25) is 0 Å². The Hall–Kier alpha value is -2.13. The van der Waals surface area contributed by atoms with Crippen molar-refractivity contribution in [2.24, 2.45) is 0 Å². The van der Waals surface area contributed by atoms with Crippen LogP contribution < -0.4 is 0 Å². The Labute approximate surface area is 125 Å². The van der Waals surface area contributed by atoms with Crippen molar-refractivity contribution in [1.29, 1.82) is 0 Å². The third-order valence-corrected chi connectivity index (χ3v) is 3.54. The molecule has 0 aliphatic rings. The van der Waals surface area contributed by atoms with Gasteiger partial charge in [0.2, 0.25) is 0 Å². The third kappa shape index (κ3) is 3.14. The van der Waals surface area contributed by atoms with Gasteiger partial charge >= 0.3 is 0 Å². The van der Waals surface area contributed by atoms with E-state index in [-0.39, 0.29) is 0 Å². The van der Waals surface area contributed by atoms with Crippen molar-refractivity contribution in [3.8, 4) is 0 Å². The number of aryl methyl sites for hydroxylation is 1. The lowest BCUT2D eigenvalue weighted by atomic mass is 10.2. The molecule has 1 aromatic heterocycles. The summed E-state index contributed by atoms with van der Waals surface area (Å²) >= 11 is 0. The van der Waals surface area contributed by atoms with Crippen molar-refractivity contribution in [3.63, 3.8) is 0 Å². The first-order valence-corrected chi connectivity index (χ1v) is 7.44. The molecule has 3 rings (SSSR count). The first-order chi connectivity index (χ1) is 10.4. The van der Waals surface area contributed by atoms with Crippen molar-refractivity contribution in [2.75, 3.05) is 0 Å². The summed E-state index contributed by atoms with van der Waals surface area (Å²) in [5, 5.41) is 0. The zero-order valence-electron chi connectivity index (χ0n) is 12.3. The minimum atomic E-state index is 0.546. The van der Waals surface area contributed by atoms with E-state index in [1.165, 1.54) is 5.56 Å². The van der Waals surface area contributed by atoms with Crippen LogP contribution in [0.3, 0.4) is 0 Å². The van der Waals surface area contributed by atoms with Gasteiger partial charge in [-0.15, -0.1) is 0 Å². The second kappa shape index (κ2) is 6.55. The Bertz CT molecular complexity index is 704. The molecule has 0 radical (unpaired) electrons. The van der Waals surface area contributed by atoms with Gasteiger partial charge in [0, 0.05) is 6.42 Å². The van der Waals surface area contributed by atoms with Gasteiger partial charge in [-0.25, -0.2) is 4.98 Å². The lowest BCUT2D eigenvalue weighted by Gasteiger charge is -2.10. The van der Waals surface area contributed by atoms with Gasteiger partial charge in [0.15, 0.2) is 0 Å². The SMILES string of the molecule is CCCc1nc2ccccc2n1COCc1ccccc1. The summed E-state index contributed by atoms with van der Waals surface area (Å²) in [6.07, 6.45) is 2.06. The third-order valence-electron chi connectivity index (χ3n) is 3.54. The van der Waals surface area contributed by atoms with Crippen molar-refractivity contribution in [3.05, 3.63) is 66.0 Å². The predicted molar refractivity (Wildman–Crippen MR) is 85.0 cm³/mol. The van der Waals surface area contributed by atoms with E-state index in [1.807, 2.05) is 30.3 Å². The summed E-state index contributed by atoms with van der Waals surface area (Å²) in [5.74, 6) is 1.10. The Balaban J connectivity index is 1.77. The van der Waals surface area contributed by atoms with Crippen LogP contribution in [0.5, 0.6) is 0 Å². The number of imidazole rings is 1. The summed E-state index contributed by atoms with van der Waals surface area (Å²) in [7, 11) is 0. The standard InChI is InChI=1S/C18H20N2O/c1-2-8-18-19-16-11-6-7-12-17(16)20(18)14-21-13-15-9-4-3-5-10-15/h3-7,9-12H,2,8,13-14H2,1H3. The Morgan fingerprint density at radius 2 is 1.76 bits per heavy atom. The number of aromatic nitrogens is 2. The molecule has 0 aliphatic heterocycles. The van der Waals surface area contributed by atoms with E-state index in [0.29, 0.717) is 13.3 Å². The minimum absolute atomic E-state index is 0.546. The van der Waals surface area contributed by atoms with Crippen molar-refractivity contribution in [2.45, 2.75) is 33.1 Å². The predicted octanol–water partition coefficient (Wildman–Crippen LogP) is 4.16. The van der Waals surface area contributed by atoms with Gasteiger partial charge < -0.3 is 9.30 Å². The van der Waals surface area contributed by atoms with E-state index < -0.39 is 0 Å². The van der Waals surface area contributed by atoms with Crippen LogP contribution in [-0.2, 0) is 24.5 Å². The average Bonchev–Trinajstić information content (AvgIpc) is 2.87. The minimum Gasteiger partial charge on any atom is -0.356 e. The van der Waals surface area contributed by atoms with E-state index in [1.54, 1.807) is 0 Å². The number of para-hydroxylation sites is 2. The molecule has 0 spiro atoms. The zero-order chi connectivity index (χ0) is 14.5. The fourth-order valence-electron chi connectivity index (χ4n) is 2.51. The van der Waals surface area contributed by atoms with Crippen LogP contribution in [0.25, 0.3) is 11.0 Å². The molecular formula is C18H20N2O. The highest BCUT2D eigenvalue weighted by Crippen LogP contribution is 2.17. The number of nitrogens with zero attached hydrogens (tertiary/aromatic N) is 2. The molecule has 0 saturated heterocycles. The quantitative estimate of drug-likeness (QED) is 0.678. The van der Waals surface area contributed by atoms with E-state index in [4.69, 9.17) is 9.72 Å². The maximum Gasteiger partial charge on any atom is 0.125 e. The van der Waals surface area contributed by atoms with Gasteiger partial charge in [-0.05, 0) is 24.1 Å². The molecule has 0 N–H and O–H groups in total. The van der Waals surface area contributed by atoms with Crippen molar-refractivity contribution < 1.29 is 4.74 Å². The molecule has 3 aromatic rings. The summed E-state index contributed by atoms with van der Waals surface area (Å²) < 4.78 is 8.06. The largest absolute Gasteiger partial charge is 0.356 e. The number of rotatable bonds is 6. The highest BCUT2D eigenvalue weighted by atomic mass is 16.5. The van der Waals surface area contributed by atoms with Gasteiger partial charge in [-0.2, -0.15) is 0 Å². The van der Waals surface area contributed by atoms with E-state index >= 15 is 0 Å². The van der Waals surface area contributed by atoms with Crippen molar-refractivity contribution >= 4 is 11.0 Å². The fraction of sp³-hybridized carbons (Fsp3) is 0.278. The maximum atomic E-state index is 5.88. The highest BCUT2D eigenvalue weighted by molar-refractivity contribution is 5.75. The molecule has 108 valence electrons. The Kier molecular flexibility index (Phi) is 4.31. The molecule has 1 heterocycles. The summed E-state index contributed by atoms with van der Waals surface area (Å²) in [4.78, 5) is 4.71.